The van der Waals surface area contributed by atoms with Gasteiger partial charge in [0.15, 0.2) is 0 Å². The number of hydrogen-bond donors (Lipinski definition) is 0. The third kappa shape index (κ3) is 72.6. The van der Waals surface area contributed by atoms with E-state index in [1.807, 2.05) is 0 Å². The smallest absolute Gasteiger partial charge is 0.854 e. The molecule has 102 valence electrons. The summed E-state index contributed by atoms with van der Waals surface area (Å²) in [6, 6.07) is 0. The molecule has 0 heterocycles. The van der Waals surface area contributed by atoms with E-state index in [0.717, 1.165) is 12.8 Å². The summed E-state index contributed by atoms with van der Waals surface area (Å²) < 4.78 is 0. The standard InChI is InChI=1S/2C6H13.Ba.O3P/c2*1-3-5-6-4-2;;1-4(2)3/h2*1,3-6H2,2H3;;/q2*-1;+2;-3. The van der Waals surface area contributed by atoms with Crippen LogP contribution in [0.3, 0.4) is 0 Å². The largest absolute Gasteiger partial charge is 2.00 e. The average Bonchev–Trinajstić information content (AvgIpc) is 2.23. The molecule has 0 aliphatic heterocycles. The van der Waals surface area contributed by atoms with Crippen molar-refractivity contribution in [3.8, 4) is 0 Å². The van der Waals surface area contributed by atoms with Gasteiger partial charge in [0.1, 0.15) is 0 Å². The Morgan fingerprint density at radius 3 is 1.06 bits per heavy atom. The molecule has 0 spiro atoms. The van der Waals surface area contributed by atoms with Crippen LogP contribution in [0.5, 0.6) is 0 Å². The van der Waals surface area contributed by atoms with Crippen LogP contribution in [0.4, 0.5) is 0 Å². The molecular weight excluding hydrogens is 360 g/mol. The van der Waals surface area contributed by atoms with Crippen molar-refractivity contribution in [1.82, 2.24) is 0 Å². The van der Waals surface area contributed by atoms with E-state index in [1.54, 1.807) is 0 Å². The van der Waals surface area contributed by atoms with E-state index < -0.39 is 8.60 Å². The predicted octanol–water partition coefficient (Wildman–Crippen LogP) is 1.71. The summed E-state index contributed by atoms with van der Waals surface area (Å²) >= 11 is 0. The molecule has 0 saturated heterocycles. The normalized spacial score (nSPS) is 8.47. The SMILES string of the molecule is [Ba+2].[CH2-]CCCCC.[CH2-]CCCCC.[O-]P([O-])[O-]. The predicted molar refractivity (Wildman–Crippen MR) is 71.7 cm³/mol. The van der Waals surface area contributed by atoms with Gasteiger partial charge in [-0.3, -0.25) is 0 Å². The van der Waals surface area contributed by atoms with Crippen LogP contribution in [-0.2, 0) is 0 Å². The summed E-state index contributed by atoms with van der Waals surface area (Å²) in [6.07, 6.45) is 10.1. The molecule has 0 aromatic heterocycles. The van der Waals surface area contributed by atoms with Crippen LogP contribution in [-0.4, -0.2) is 48.9 Å². The second-order valence-electron chi connectivity index (χ2n) is 3.34. The molecule has 0 unspecified atom stereocenters. The van der Waals surface area contributed by atoms with Crippen LogP contribution in [0.2, 0.25) is 0 Å². The number of unbranched alkanes of at least 4 members (excludes halogenated alkanes) is 6. The molecule has 0 bridgehead atoms. The van der Waals surface area contributed by atoms with Gasteiger partial charge < -0.3 is 37.1 Å². The topological polar surface area (TPSA) is 69.2 Å². The third-order valence-electron chi connectivity index (χ3n) is 1.71. The van der Waals surface area contributed by atoms with Crippen molar-refractivity contribution in [1.29, 1.82) is 0 Å². The van der Waals surface area contributed by atoms with E-state index in [2.05, 4.69) is 27.7 Å². The summed E-state index contributed by atoms with van der Waals surface area (Å²) in [6.45, 7) is 11.9. The van der Waals surface area contributed by atoms with Gasteiger partial charge in [-0.15, -0.1) is 0 Å². The molecule has 0 fully saturated rings. The molecule has 0 aliphatic carbocycles. The summed E-state index contributed by atoms with van der Waals surface area (Å²) in [5.74, 6) is 0. The third-order valence-corrected chi connectivity index (χ3v) is 1.71. The van der Waals surface area contributed by atoms with E-state index in [1.165, 1.54) is 38.5 Å². The minimum Gasteiger partial charge on any atom is -0.854 e. The minimum atomic E-state index is -3.37. The van der Waals surface area contributed by atoms with Crippen LogP contribution in [0, 0.1) is 13.8 Å². The van der Waals surface area contributed by atoms with E-state index in [-0.39, 0.29) is 48.9 Å². The zero-order valence-electron chi connectivity index (χ0n) is 11.5. The Labute approximate surface area is 149 Å². The van der Waals surface area contributed by atoms with Gasteiger partial charge in [-0.05, 0) is 0 Å². The van der Waals surface area contributed by atoms with Gasteiger partial charge in [0.2, 0.25) is 0 Å². The van der Waals surface area contributed by atoms with Crippen LogP contribution >= 0.6 is 8.60 Å². The molecule has 0 N–H and O–H groups in total. The van der Waals surface area contributed by atoms with Gasteiger partial charge in [-0.2, -0.15) is 12.8 Å². The molecule has 17 heavy (non-hydrogen) atoms. The number of hydrogen-bond acceptors (Lipinski definition) is 3. The first-order valence-electron chi connectivity index (χ1n) is 5.96. The van der Waals surface area contributed by atoms with Gasteiger partial charge in [0.05, 0.1) is 0 Å². The van der Waals surface area contributed by atoms with E-state index in [9.17, 15) is 0 Å². The summed E-state index contributed by atoms with van der Waals surface area (Å²) in [5, 5.41) is 0. The van der Waals surface area contributed by atoms with Crippen molar-refractivity contribution in [2.24, 2.45) is 0 Å². The van der Waals surface area contributed by atoms with Crippen molar-refractivity contribution >= 4 is 57.5 Å². The maximum absolute atomic E-state index is 8.48. The zero-order chi connectivity index (χ0) is 13.2. The van der Waals surface area contributed by atoms with Gasteiger partial charge >= 0.3 is 48.9 Å². The minimum absolute atomic E-state index is 0. The molecule has 0 radical (unpaired) electrons. The fraction of sp³-hybridized carbons (Fsp3) is 0.833. The van der Waals surface area contributed by atoms with Crippen LogP contribution in [0.15, 0.2) is 0 Å². The monoisotopic (exact) mass is 387 g/mol. The molecule has 0 aliphatic rings. The van der Waals surface area contributed by atoms with Crippen LogP contribution in [0.1, 0.15) is 65.2 Å². The molecular formula is C12H26BaO3P-3. The maximum Gasteiger partial charge on any atom is 2.00 e. The zero-order valence-corrected chi connectivity index (χ0v) is 16.8. The molecule has 0 saturated carbocycles. The molecule has 0 atom stereocenters. The van der Waals surface area contributed by atoms with Crippen LogP contribution in [0.25, 0.3) is 0 Å². The molecule has 3 nitrogen and oxygen atoms in total. The second kappa shape index (κ2) is 30.7. The Kier molecular flexibility index (Phi) is 49.2. The summed E-state index contributed by atoms with van der Waals surface area (Å²) in [4.78, 5) is 25.4. The Morgan fingerprint density at radius 2 is 1.00 bits per heavy atom. The molecule has 0 rings (SSSR count). The second-order valence-corrected chi connectivity index (χ2v) is 3.79. The first-order chi connectivity index (χ1) is 7.56. The molecule has 0 aromatic rings. The maximum atomic E-state index is 8.48. The molecule has 5 heteroatoms. The van der Waals surface area contributed by atoms with Gasteiger partial charge in [-0.1, -0.05) is 52.4 Å². The number of rotatable bonds is 6. The quantitative estimate of drug-likeness (QED) is 0.302. The Balaban J connectivity index is -0.0000000741. The van der Waals surface area contributed by atoms with Crippen molar-refractivity contribution in [2.75, 3.05) is 0 Å². The van der Waals surface area contributed by atoms with Gasteiger partial charge in [0, 0.05) is 0 Å². The first kappa shape index (κ1) is 27.3. The van der Waals surface area contributed by atoms with E-state index in [0.29, 0.717) is 0 Å². The van der Waals surface area contributed by atoms with E-state index in [4.69, 9.17) is 14.7 Å². The Morgan fingerprint density at radius 1 is 0.765 bits per heavy atom. The van der Waals surface area contributed by atoms with Crippen molar-refractivity contribution in [2.45, 2.75) is 65.2 Å². The van der Waals surface area contributed by atoms with Crippen molar-refractivity contribution < 1.29 is 14.7 Å². The summed E-state index contributed by atoms with van der Waals surface area (Å²) in [5.41, 5.74) is 0. The average molecular weight is 387 g/mol. The Bertz CT molecular complexity index is 77.1. The van der Waals surface area contributed by atoms with E-state index >= 15 is 0 Å². The Hall–Kier alpha value is 1.88. The molecule has 0 amide bonds. The van der Waals surface area contributed by atoms with Gasteiger partial charge in [0.25, 0.3) is 0 Å². The van der Waals surface area contributed by atoms with Crippen molar-refractivity contribution in [3.63, 3.8) is 0 Å². The van der Waals surface area contributed by atoms with Crippen molar-refractivity contribution in [3.05, 3.63) is 13.8 Å². The molecule has 0 aromatic carbocycles. The van der Waals surface area contributed by atoms with Gasteiger partial charge in [-0.25, -0.2) is 0 Å². The summed E-state index contributed by atoms with van der Waals surface area (Å²) in [7, 11) is -3.37. The fourth-order valence-electron chi connectivity index (χ4n) is 0.854. The van der Waals surface area contributed by atoms with Crippen LogP contribution < -0.4 is 14.7 Å². The first-order valence-corrected chi connectivity index (χ1v) is 7.06. The fourth-order valence-corrected chi connectivity index (χ4v) is 0.854.